The lowest BCUT2D eigenvalue weighted by molar-refractivity contribution is -0.238. The number of carbonyl (C=O) groups is 4. The summed E-state index contributed by atoms with van der Waals surface area (Å²) in [7, 11) is 0. The Labute approximate surface area is 173 Å². The fourth-order valence-electron chi connectivity index (χ4n) is 2.68. The van der Waals surface area contributed by atoms with Crippen molar-refractivity contribution in [2.45, 2.75) is 58.5 Å². The van der Waals surface area contributed by atoms with Gasteiger partial charge in [0.2, 0.25) is 5.92 Å². The van der Waals surface area contributed by atoms with Crippen molar-refractivity contribution in [3.63, 3.8) is 0 Å². The van der Waals surface area contributed by atoms with Crippen molar-refractivity contribution in [1.29, 1.82) is 0 Å². The summed E-state index contributed by atoms with van der Waals surface area (Å²) in [6.07, 6.45) is -0.849. The molecule has 0 bridgehead atoms. The molecule has 1 unspecified atom stereocenters. The van der Waals surface area contributed by atoms with Gasteiger partial charge >= 0.3 is 18.0 Å². The van der Waals surface area contributed by atoms with Crippen molar-refractivity contribution in [2.24, 2.45) is 5.92 Å². The van der Waals surface area contributed by atoms with Crippen LogP contribution in [0.25, 0.3) is 0 Å². The fourth-order valence-corrected chi connectivity index (χ4v) is 2.81. The molecule has 1 aliphatic rings. The number of alkyl carbamates (subject to hydrolysis) is 1. The first-order valence-corrected chi connectivity index (χ1v) is 9.38. The molecule has 0 spiro atoms. The normalized spacial score (nSPS) is 17.7. The molecule has 1 saturated heterocycles. The van der Waals surface area contributed by atoms with Gasteiger partial charge in [0, 0.05) is 18.9 Å². The van der Waals surface area contributed by atoms with E-state index in [2.05, 4.69) is 5.32 Å². The van der Waals surface area contributed by atoms with Gasteiger partial charge in [-0.1, -0.05) is 23.7 Å². The maximum Gasteiger partial charge on any atom is 0.408 e. The van der Waals surface area contributed by atoms with Crippen LogP contribution in [0, 0.1) is 5.92 Å². The number of halogens is 1. The molecule has 1 N–H and O–H groups in total. The summed E-state index contributed by atoms with van der Waals surface area (Å²) in [4.78, 5) is 49.8. The number of Topliss-reactive ketones (excluding diaryl/α,β-unsaturated/α-hetero) is 1. The number of carbonyl (C=O) groups excluding carboxylic acids is 4. The number of hydrogen-bond donors (Lipinski definition) is 1. The van der Waals surface area contributed by atoms with Crippen LogP contribution in [0.3, 0.4) is 0 Å². The highest BCUT2D eigenvalue weighted by molar-refractivity contribution is 6.30. The van der Waals surface area contributed by atoms with Crippen LogP contribution in [0.5, 0.6) is 0 Å². The first-order chi connectivity index (χ1) is 13.3. The molecular formula is C20H24ClNO7. The molecule has 1 aromatic carbocycles. The third kappa shape index (κ3) is 6.45. The maximum absolute atomic E-state index is 13.0. The summed E-state index contributed by atoms with van der Waals surface area (Å²) in [5.41, 5.74) is -0.147. The van der Waals surface area contributed by atoms with Crippen molar-refractivity contribution in [2.75, 3.05) is 0 Å². The molecule has 8 nitrogen and oxygen atoms in total. The minimum atomic E-state index is -1.80. The molecule has 0 aliphatic carbocycles. The zero-order valence-electron chi connectivity index (χ0n) is 16.9. The smallest absolute Gasteiger partial charge is 0.408 e. The van der Waals surface area contributed by atoms with Crippen LogP contribution >= 0.6 is 11.6 Å². The van der Waals surface area contributed by atoms with Crippen LogP contribution in [0.4, 0.5) is 4.79 Å². The fraction of sp³-hybridized carbons (Fsp3) is 0.500. The molecule has 1 amide bonds. The average Bonchev–Trinajstić information content (AvgIpc) is 2.52. The van der Waals surface area contributed by atoms with Crippen LogP contribution in [-0.2, 0) is 35.0 Å². The molecule has 2 rings (SSSR count). The van der Waals surface area contributed by atoms with Gasteiger partial charge < -0.3 is 19.5 Å². The van der Waals surface area contributed by atoms with E-state index in [0.29, 0.717) is 10.6 Å². The number of esters is 2. The number of rotatable bonds is 5. The van der Waals surface area contributed by atoms with Crippen LogP contribution in [0.1, 0.15) is 40.2 Å². The standard InChI is InChI=1S/C20H24ClNO7/c1-19(2,3)29-18(26)22-13(10-11-6-8-12(21)9-7-11)15(23)14-16(24)27-20(4,5)28-17(14)25/h6-9,13-14H,10H2,1-5H3,(H,22,26). The van der Waals surface area contributed by atoms with Gasteiger partial charge in [-0.2, -0.15) is 0 Å². The highest BCUT2D eigenvalue weighted by atomic mass is 35.5. The molecule has 1 heterocycles. The first kappa shape index (κ1) is 22.7. The van der Waals surface area contributed by atoms with E-state index < -0.39 is 47.2 Å². The molecule has 1 aliphatic heterocycles. The van der Waals surface area contributed by atoms with Gasteiger partial charge in [0.05, 0.1) is 6.04 Å². The van der Waals surface area contributed by atoms with Crippen LogP contribution in [0.15, 0.2) is 24.3 Å². The van der Waals surface area contributed by atoms with Crippen molar-refractivity contribution in [1.82, 2.24) is 5.32 Å². The lowest BCUT2D eigenvalue weighted by Crippen LogP contribution is -2.55. The van der Waals surface area contributed by atoms with E-state index in [9.17, 15) is 19.2 Å². The average molecular weight is 426 g/mol. The second-order valence-electron chi connectivity index (χ2n) is 8.11. The van der Waals surface area contributed by atoms with Crippen molar-refractivity contribution < 1.29 is 33.4 Å². The van der Waals surface area contributed by atoms with E-state index in [1.807, 2.05) is 0 Å². The van der Waals surface area contributed by atoms with Gasteiger partial charge in [-0.25, -0.2) is 4.79 Å². The van der Waals surface area contributed by atoms with Gasteiger partial charge in [0.25, 0.3) is 5.79 Å². The van der Waals surface area contributed by atoms with Crippen LogP contribution < -0.4 is 5.32 Å². The van der Waals surface area contributed by atoms with Gasteiger partial charge in [0.1, 0.15) is 5.60 Å². The number of cyclic esters (lactones) is 2. The minimum absolute atomic E-state index is 0.00962. The Bertz CT molecular complexity index is 791. The lowest BCUT2D eigenvalue weighted by atomic mass is 9.92. The lowest BCUT2D eigenvalue weighted by Gasteiger charge is -2.33. The van der Waals surface area contributed by atoms with Gasteiger partial charge in [0.15, 0.2) is 5.78 Å². The predicted octanol–water partition coefficient (Wildman–Crippen LogP) is 2.80. The Hall–Kier alpha value is -2.61. The molecule has 9 heteroatoms. The zero-order valence-corrected chi connectivity index (χ0v) is 17.7. The maximum atomic E-state index is 13.0. The Morgan fingerprint density at radius 1 is 1.14 bits per heavy atom. The van der Waals surface area contributed by atoms with E-state index in [1.54, 1.807) is 45.0 Å². The second kappa shape index (κ2) is 8.41. The SMILES string of the molecule is CC(C)(C)OC(=O)NC(Cc1ccc(Cl)cc1)C(=O)C1C(=O)OC(C)(C)OC1=O. The van der Waals surface area contributed by atoms with Crippen molar-refractivity contribution in [3.8, 4) is 0 Å². The van der Waals surface area contributed by atoms with E-state index in [4.69, 9.17) is 25.8 Å². The van der Waals surface area contributed by atoms with Gasteiger partial charge in [-0.3, -0.25) is 14.4 Å². The number of hydrogen-bond acceptors (Lipinski definition) is 7. The molecule has 0 radical (unpaired) electrons. The molecule has 0 aromatic heterocycles. The van der Waals surface area contributed by atoms with Gasteiger partial charge in [-0.05, 0) is 44.9 Å². The topological polar surface area (TPSA) is 108 Å². The van der Waals surface area contributed by atoms with Crippen LogP contribution in [0.2, 0.25) is 5.02 Å². The van der Waals surface area contributed by atoms with E-state index in [0.717, 1.165) is 0 Å². The Balaban J connectivity index is 2.26. The first-order valence-electron chi connectivity index (χ1n) is 9.01. The van der Waals surface area contributed by atoms with Crippen LogP contribution in [-0.4, -0.2) is 41.2 Å². The summed E-state index contributed by atoms with van der Waals surface area (Å²) in [5, 5.41) is 2.93. The summed E-state index contributed by atoms with van der Waals surface area (Å²) >= 11 is 5.88. The molecule has 0 saturated carbocycles. The largest absolute Gasteiger partial charge is 0.444 e. The summed E-state index contributed by atoms with van der Waals surface area (Å²) < 4.78 is 15.2. The zero-order chi connectivity index (χ0) is 22.0. The highest BCUT2D eigenvalue weighted by Gasteiger charge is 2.49. The van der Waals surface area contributed by atoms with Gasteiger partial charge in [-0.15, -0.1) is 0 Å². The summed E-state index contributed by atoms with van der Waals surface area (Å²) in [6.45, 7) is 7.77. The number of ether oxygens (including phenoxy) is 3. The predicted molar refractivity (Wildman–Crippen MR) is 103 cm³/mol. The van der Waals surface area contributed by atoms with Crippen molar-refractivity contribution in [3.05, 3.63) is 34.9 Å². The molecular weight excluding hydrogens is 402 g/mol. The number of nitrogens with one attached hydrogen (secondary N) is 1. The molecule has 1 atom stereocenters. The van der Waals surface area contributed by atoms with Crippen molar-refractivity contribution >= 4 is 35.4 Å². The molecule has 29 heavy (non-hydrogen) atoms. The van der Waals surface area contributed by atoms with E-state index in [1.165, 1.54) is 13.8 Å². The Morgan fingerprint density at radius 3 is 2.14 bits per heavy atom. The summed E-state index contributed by atoms with van der Waals surface area (Å²) in [6, 6.07) is 5.35. The minimum Gasteiger partial charge on any atom is -0.444 e. The molecule has 158 valence electrons. The highest BCUT2D eigenvalue weighted by Crippen LogP contribution is 2.25. The monoisotopic (exact) mass is 425 g/mol. The molecule has 1 fully saturated rings. The third-order valence-corrected chi connectivity index (χ3v) is 4.09. The molecule has 1 aromatic rings. The summed E-state index contributed by atoms with van der Waals surface area (Å²) in [5.74, 6) is -6.16. The Morgan fingerprint density at radius 2 is 1.66 bits per heavy atom. The number of amides is 1. The van der Waals surface area contributed by atoms with E-state index >= 15 is 0 Å². The quantitative estimate of drug-likeness (QED) is 0.570. The second-order valence-corrected chi connectivity index (χ2v) is 8.54. The Kier molecular flexibility index (Phi) is 6.57. The van der Waals surface area contributed by atoms with E-state index in [-0.39, 0.29) is 6.42 Å². The number of ketones is 1. The third-order valence-electron chi connectivity index (χ3n) is 3.84. The number of benzene rings is 1.